The molecule has 108 valence electrons. The van der Waals surface area contributed by atoms with Crippen molar-refractivity contribution in [3.63, 3.8) is 0 Å². The van der Waals surface area contributed by atoms with E-state index in [-0.39, 0.29) is 6.04 Å². The number of halogens is 1. The summed E-state index contributed by atoms with van der Waals surface area (Å²) in [4.78, 5) is 1.34. The second kappa shape index (κ2) is 6.74. The third kappa shape index (κ3) is 3.25. The van der Waals surface area contributed by atoms with E-state index >= 15 is 0 Å². The van der Waals surface area contributed by atoms with Crippen molar-refractivity contribution in [2.45, 2.75) is 26.8 Å². The molecule has 0 saturated heterocycles. The predicted molar refractivity (Wildman–Crippen MR) is 90.0 cm³/mol. The van der Waals surface area contributed by atoms with Gasteiger partial charge in [0.15, 0.2) is 0 Å². The lowest BCUT2D eigenvalue weighted by Crippen LogP contribution is -2.21. The van der Waals surface area contributed by atoms with Crippen molar-refractivity contribution in [2.75, 3.05) is 13.7 Å². The zero-order chi connectivity index (χ0) is 14.7. The molecule has 0 aliphatic rings. The van der Waals surface area contributed by atoms with Crippen LogP contribution in [0.1, 0.15) is 34.5 Å². The lowest BCUT2D eigenvalue weighted by Gasteiger charge is -2.19. The molecule has 2 nitrogen and oxygen atoms in total. The van der Waals surface area contributed by atoms with E-state index in [4.69, 9.17) is 4.74 Å². The summed E-state index contributed by atoms with van der Waals surface area (Å²) in [7, 11) is 1.70. The Labute approximate surface area is 133 Å². The molecule has 1 aromatic carbocycles. The van der Waals surface area contributed by atoms with Gasteiger partial charge < -0.3 is 10.1 Å². The van der Waals surface area contributed by atoms with Gasteiger partial charge in [-0.1, -0.05) is 13.0 Å². The van der Waals surface area contributed by atoms with Gasteiger partial charge in [0, 0.05) is 4.88 Å². The maximum atomic E-state index is 5.29. The van der Waals surface area contributed by atoms with Gasteiger partial charge in [-0.15, -0.1) is 11.3 Å². The Bertz CT molecular complexity index is 575. The molecule has 20 heavy (non-hydrogen) atoms. The monoisotopic (exact) mass is 353 g/mol. The van der Waals surface area contributed by atoms with Gasteiger partial charge >= 0.3 is 0 Å². The molecule has 2 aromatic rings. The Balaban J connectivity index is 2.42. The molecule has 2 rings (SSSR count). The first-order valence-corrected chi connectivity index (χ1v) is 8.31. The van der Waals surface area contributed by atoms with Crippen LogP contribution in [0.5, 0.6) is 5.75 Å². The number of benzene rings is 1. The Kier molecular flexibility index (Phi) is 5.24. The van der Waals surface area contributed by atoms with Crippen LogP contribution in [0.15, 0.2) is 28.1 Å². The molecule has 1 N–H and O–H groups in total. The van der Waals surface area contributed by atoms with E-state index in [1.807, 2.05) is 6.07 Å². The second-order valence-corrected chi connectivity index (χ2v) is 7.22. The molecule has 0 radical (unpaired) electrons. The zero-order valence-electron chi connectivity index (χ0n) is 12.3. The van der Waals surface area contributed by atoms with Crippen LogP contribution >= 0.6 is 27.3 Å². The average molecular weight is 354 g/mol. The van der Waals surface area contributed by atoms with Crippen LogP contribution in [0, 0.1) is 13.8 Å². The molecule has 0 amide bonds. The Morgan fingerprint density at radius 1 is 1.25 bits per heavy atom. The number of nitrogens with one attached hydrogen (secondary N) is 1. The summed E-state index contributed by atoms with van der Waals surface area (Å²) >= 11 is 5.42. The average Bonchev–Trinajstić information content (AvgIpc) is 2.76. The van der Waals surface area contributed by atoms with Gasteiger partial charge in [0.25, 0.3) is 0 Å². The van der Waals surface area contributed by atoms with Gasteiger partial charge in [-0.25, -0.2) is 0 Å². The van der Waals surface area contributed by atoms with Gasteiger partial charge in [-0.05, 0) is 71.2 Å². The topological polar surface area (TPSA) is 21.3 Å². The van der Waals surface area contributed by atoms with E-state index in [9.17, 15) is 0 Å². The van der Waals surface area contributed by atoms with Crippen LogP contribution in [-0.2, 0) is 0 Å². The number of aryl methyl sites for hydroxylation is 2. The summed E-state index contributed by atoms with van der Waals surface area (Å²) in [6.45, 7) is 7.34. The highest BCUT2D eigenvalue weighted by molar-refractivity contribution is 9.11. The SMILES string of the molecule is CCNC(c1cc(C)c(Br)s1)c1ccc(OC)cc1C. The van der Waals surface area contributed by atoms with Crippen molar-refractivity contribution in [3.8, 4) is 5.75 Å². The first-order chi connectivity index (χ1) is 9.56. The van der Waals surface area contributed by atoms with E-state index in [1.54, 1.807) is 18.4 Å². The normalized spacial score (nSPS) is 12.4. The highest BCUT2D eigenvalue weighted by Crippen LogP contribution is 2.36. The number of hydrogen-bond donors (Lipinski definition) is 1. The molecule has 4 heteroatoms. The van der Waals surface area contributed by atoms with Crippen molar-refractivity contribution in [1.82, 2.24) is 5.32 Å². The van der Waals surface area contributed by atoms with Crippen molar-refractivity contribution < 1.29 is 4.74 Å². The van der Waals surface area contributed by atoms with Crippen LogP contribution in [0.4, 0.5) is 0 Å². The minimum absolute atomic E-state index is 0.237. The van der Waals surface area contributed by atoms with E-state index in [2.05, 4.69) is 60.2 Å². The summed E-state index contributed by atoms with van der Waals surface area (Å²) in [6.07, 6.45) is 0. The molecule has 1 heterocycles. The summed E-state index contributed by atoms with van der Waals surface area (Å²) in [5, 5.41) is 3.58. The fraction of sp³-hybridized carbons (Fsp3) is 0.375. The maximum absolute atomic E-state index is 5.29. The third-order valence-electron chi connectivity index (χ3n) is 3.36. The van der Waals surface area contributed by atoms with Crippen molar-refractivity contribution in [3.05, 3.63) is 49.6 Å². The van der Waals surface area contributed by atoms with Crippen molar-refractivity contribution in [2.24, 2.45) is 0 Å². The van der Waals surface area contributed by atoms with Gasteiger partial charge in [-0.2, -0.15) is 0 Å². The summed E-state index contributed by atoms with van der Waals surface area (Å²) in [6, 6.07) is 8.77. The molecule has 0 aliphatic heterocycles. The molecule has 1 unspecified atom stereocenters. The van der Waals surface area contributed by atoms with E-state index in [0.29, 0.717) is 0 Å². The fourth-order valence-corrected chi connectivity index (χ4v) is 3.96. The van der Waals surface area contributed by atoms with Crippen LogP contribution in [-0.4, -0.2) is 13.7 Å². The first-order valence-electron chi connectivity index (χ1n) is 6.70. The minimum Gasteiger partial charge on any atom is -0.497 e. The summed E-state index contributed by atoms with van der Waals surface area (Å²) in [5.74, 6) is 0.907. The molecular formula is C16H20BrNOS. The van der Waals surface area contributed by atoms with E-state index in [1.165, 1.54) is 25.4 Å². The van der Waals surface area contributed by atoms with Crippen LogP contribution in [0.2, 0.25) is 0 Å². The smallest absolute Gasteiger partial charge is 0.119 e. The van der Waals surface area contributed by atoms with Crippen LogP contribution in [0.3, 0.4) is 0 Å². The highest BCUT2D eigenvalue weighted by atomic mass is 79.9. The number of thiophene rings is 1. The molecule has 1 aromatic heterocycles. The quantitative estimate of drug-likeness (QED) is 0.830. The Morgan fingerprint density at radius 3 is 2.50 bits per heavy atom. The minimum atomic E-state index is 0.237. The lowest BCUT2D eigenvalue weighted by molar-refractivity contribution is 0.414. The molecule has 0 saturated carbocycles. The second-order valence-electron chi connectivity index (χ2n) is 4.82. The predicted octanol–water partition coefficient (Wildman–Crippen LogP) is 4.83. The Hall–Kier alpha value is -0.840. The zero-order valence-corrected chi connectivity index (χ0v) is 14.7. The van der Waals surface area contributed by atoms with Crippen molar-refractivity contribution in [1.29, 1.82) is 0 Å². The first kappa shape index (κ1) is 15.5. The number of methoxy groups -OCH3 is 1. The number of ether oxygens (including phenoxy) is 1. The van der Waals surface area contributed by atoms with Gasteiger partial charge in [0.05, 0.1) is 16.9 Å². The molecule has 0 fully saturated rings. The van der Waals surface area contributed by atoms with Crippen LogP contribution < -0.4 is 10.1 Å². The number of hydrogen-bond acceptors (Lipinski definition) is 3. The fourth-order valence-electron chi connectivity index (χ4n) is 2.29. The van der Waals surface area contributed by atoms with E-state index in [0.717, 1.165) is 12.3 Å². The van der Waals surface area contributed by atoms with Gasteiger partial charge in [0.2, 0.25) is 0 Å². The molecule has 0 bridgehead atoms. The molecule has 0 aliphatic carbocycles. The van der Waals surface area contributed by atoms with E-state index < -0.39 is 0 Å². The number of rotatable bonds is 5. The summed E-state index contributed by atoms with van der Waals surface area (Å²) < 4.78 is 6.50. The molecular weight excluding hydrogens is 334 g/mol. The largest absolute Gasteiger partial charge is 0.497 e. The van der Waals surface area contributed by atoms with Gasteiger partial charge in [0.1, 0.15) is 5.75 Å². The third-order valence-corrected chi connectivity index (χ3v) is 5.56. The molecule has 0 spiro atoms. The summed E-state index contributed by atoms with van der Waals surface area (Å²) in [5.41, 5.74) is 3.85. The van der Waals surface area contributed by atoms with Gasteiger partial charge in [-0.3, -0.25) is 0 Å². The lowest BCUT2D eigenvalue weighted by atomic mass is 9.99. The maximum Gasteiger partial charge on any atom is 0.119 e. The standard InChI is InChI=1S/C16H20BrNOS/c1-5-18-15(14-9-11(3)16(17)20-14)13-7-6-12(19-4)8-10(13)2/h6-9,15,18H,5H2,1-4H3. The Morgan fingerprint density at radius 2 is 2.00 bits per heavy atom. The van der Waals surface area contributed by atoms with Crippen LogP contribution in [0.25, 0.3) is 0 Å². The van der Waals surface area contributed by atoms with Crippen molar-refractivity contribution >= 4 is 27.3 Å². The highest BCUT2D eigenvalue weighted by Gasteiger charge is 2.18. The molecule has 1 atom stereocenters.